The highest BCUT2D eigenvalue weighted by Crippen LogP contribution is 2.10. The van der Waals surface area contributed by atoms with Gasteiger partial charge in [-0.25, -0.2) is 0 Å². The van der Waals surface area contributed by atoms with Crippen LogP contribution in [0, 0.1) is 0 Å². The SMILES string of the molecule is CCCCCC/C=C/[C@@H](O)[Si](C)(C)C. The molecule has 1 nitrogen and oxygen atoms in total. The van der Waals surface area contributed by atoms with Gasteiger partial charge < -0.3 is 5.11 Å². The summed E-state index contributed by atoms with van der Waals surface area (Å²) in [7, 11) is -1.37. The van der Waals surface area contributed by atoms with E-state index < -0.39 is 8.07 Å². The second-order valence-corrected chi connectivity index (χ2v) is 10.4. The fourth-order valence-electron chi connectivity index (χ4n) is 1.20. The standard InChI is InChI=1S/C12H26OSi/c1-5-6-7-8-9-10-11-12(13)14(2,3)4/h10-13H,5-9H2,1-4H3/b11-10+/t12-/m0/s1. The molecule has 14 heavy (non-hydrogen) atoms. The Hall–Kier alpha value is -0.0831. The summed E-state index contributed by atoms with van der Waals surface area (Å²) in [6.45, 7) is 8.81. The number of allylic oxidation sites excluding steroid dienone is 1. The molecule has 1 atom stereocenters. The minimum Gasteiger partial charge on any atom is -0.393 e. The largest absolute Gasteiger partial charge is 0.393 e. The minimum atomic E-state index is -1.37. The van der Waals surface area contributed by atoms with Gasteiger partial charge in [0.2, 0.25) is 0 Å². The van der Waals surface area contributed by atoms with Crippen molar-refractivity contribution in [3.05, 3.63) is 12.2 Å². The normalized spacial score (nSPS) is 14.9. The zero-order valence-corrected chi connectivity index (χ0v) is 11.2. The Bertz CT molecular complexity index is 158. The van der Waals surface area contributed by atoms with E-state index in [-0.39, 0.29) is 5.73 Å². The van der Waals surface area contributed by atoms with Gasteiger partial charge in [0.25, 0.3) is 0 Å². The Morgan fingerprint density at radius 1 is 1.14 bits per heavy atom. The van der Waals surface area contributed by atoms with Crippen LogP contribution in [-0.2, 0) is 0 Å². The highest BCUT2D eigenvalue weighted by Gasteiger charge is 2.21. The quantitative estimate of drug-likeness (QED) is 0.389. The molecule has 0 bridgehead atoms. The van der Waals surface area contributed by atoms with Crippen LogP contribution in [0.3, 0.4) is 0 Å². The van der Waals surface area contributed by atoms with Crippen molar-refractivity contribution in [1.82, 2.24) is 0 Å². The first-order valence-electron chi connectivity index (χ1n) is 5.83. The van der Waals surface area contributed by atoms with E-state index in [1.165, 1.54) is 25.7 Å². The molecule has 2 heteroatoms. The van der Waals surface area contributed by atoms with Gasteiger partial charge in [0, 0.05) is 0 Å². The van der Waals surface area contributed by atoms with Crippen molar-refractivity contribution in [2.75, 3.05) is 0 Å². The lowest BCUT2D eigenvalue weighted by atomic mass is 10.1. The molecular weight excluding hydrogens is 188 g/mol. The maximum absolute atomic E-state index is 9.76. The molecule has 0 amide bonds. The van der Waals surface area contributed by atoms with Crippen molar-refractivity contribution in [3.8, 4) is 0 Å². The average Bonchev–Trinajstić information content (AvgIpc) is 2.09. The number of rotatable bonds is 7. The van der Waals surface area contributed by atoms with E-state index in [0.29, 0.717) is 0 Å². The number of aliphatic hydroxyl groups excluding tert-OH is 1. The number of hydrogen-bond acceptors (Lipinski definition) is 1. The summed E-state index contributed by atoms with van der Waals surface area (Å²) < 4.78 is 0. The lowest BCUT2D eigenvalue weighted by Crippen LogP contribution is -2.36. The summed E-state index contributed by atoms with van der Waals surface area (Å²) in [5, 5.41) is 9.76. The Kier molecular flexibility index (Phi) is 7.20. The van der Waals surface area contributed by atoms with E-state index in [4.69, 9.17) is 0 Å². The monoisotopic (exact) mass is 214 g/mol. The van der Waals surface area contributed by atoms with Crippen LogP contribution in [0.2, 0.25) is 19.6 Å². The average molecular weight is 214 g/mol. The van der Waals surface area contributed by atoms with Gasteiger partial charge in [0.05, 0.1) is 13.8 Å². The van der Waals surface area contributed by atoms with Gasteiger partial charge >= 0.3 is 0 Å². The second-order valence-electron chi connectivity index (χ2n) is 5.09. The van der Waals surface area contributed by atoms with Crippen molar-refractivity contribution in [2.24, 2.45) is 0 Å². The molecule has 0 heterocycles. The first-order valence-corrected chi connectivity index (χ1v) is 9.41. The third-order valence-corrected chi connectivity index (χ3v) is 4.40. The maximum Gasteiger partial charge on any atom is 0.0830 e. The molecule has 0 saturated carbocycles. The summed E-state index contributed by atoms with van der Waals surface area (Å²) in [6.07, 6.45) is 10.5. The van der Waals surface area contributed by atoms with E-state index in [9.17, 15) is 5.11 Å². The molecule has 0 aliphatic heterocycles. The number of unbranched alkanes of at least 4 members (excludes halogenated alkanes) is 4. The highest BCUT2D eigenvalue weighted by atomic mass is 28.3. The minimum absolute atomic E-state index is 0.173. The first-order chi connectivity index (χ1) is 6.48. The van der Waals surface area contributed by atoms with Gasteiger partial charge in [-0.2, -0.15) is 0 Å². The van der Waals surface area contributed by atoms with E-state index in [2.05, 4.69) is 32.6 Å². The van der Waals surface area contributed by atoms with Crippen LogP contribution in [0.15, 0.2) is 12.2 Å². The van der Waals surface area contributed by atoms with Gasteiger partial charge in [0.1, 0.15) is 0 Å². The van der Waals surface area contributed by atoms with Gasteiger partial charge in [-0.05, 0) is 12.8 Å². The lowest BCUT2D eigenvalue weighted by Gasteiger charge is -2.20. The number of hydrogen-bond donors (Lipinski definition) is 1. The molecule has 0 spiro atoms. The molecule has 84 valence electrons. The van der Waals surface area contributed by atoms with Crippen molar-refractivity contribution >= 4 is 8.07 Å². The van der Waals surface area contributed by atoms with E-state index in [1.807, 2.05) is 6.08 Å². The molecule has 0 unspecified atom stereocenters. The topological polar surface area (TPSA) is 20.2 Å². The summed E-state index contributed by atoms with van der Waals surface area (Å²) in [5.74, 6) is 0. The van der Waals surface area contributed by atoms with Crippen LogP contribution < -0.4 is 0 Å². The molecule has 0 fully saturated rings. The van der Waals surface area contributed by atoms with Crippen molar-refractivity contribution in [1.29, 1.82) is 0 Å². The van der Waals surface area contributed by atoms with Gasteiger partial charge in [-0.1, -0.05) is 58.0 Å². The predicted molar refractivity (Wildman–Crippen MR) is 67.3 cm³/mol. The summed E-state index contributed by atoms with van der Waals surface area (Å²) >= 11 is 0. The fraction of sp³-hybridized carbons (Fsp3) is 0.833. The molecule has 0 aromatic heterocycles. The van der Waals surface area contributed by atoms with Crippen molar-refractivity contribution < 1.29 is 5.11 Å². The van der Waals surface area contributed by atoms with Gasteiger partial charge in [0.15, 0.2) is 0 Å². The third kappa shape index (κ3) is 7.33. The van der Waals surface area contributed by atoms with Gasteiger partial charge in [-0.3, -0.25) is 0 Å². The van der Waals surface area contributed by atoms with E-state index in [1.54, 1.807) is 0 Å². The molecule has 0 aliphatic carbocycles. The Morgan fingerprint density at radius 3 is 2.29 bits per heavy atom. The van der Waals surface area contributed by atoms with Crippen LogP contribution in [0.5, 0.6) is 0 Å². The molecule has 1 N–H and O–H groups in total. The van der Waals surface area contributed by atoms with Crippen LogP contribution in [0.1, 0.15) is 39.0 Å². The molecule has 0 aromatic rings. The van der Waals surface area contributed by atoms with Crippen LogP contribution in [0.4, 0.5) is 0 Å². The lowest BCUT2D eigenvalue weighted by molar-refractivity contribution is 0.290. The smallest absolute Gasteiger partial charge is 0.0830 e. The molecule has 0 rings (SSSR count). The first kappa shape index (κ1) is 13.9. The second kappa shape index (κ2) is 7.24. The molecule has 0 aliphatic rings. The third-order valence-electron chi connectivity index (χ3n) is 2.43. The maximum atomic E-state index is 9.76. The van der Waals surface area contributed by atoms with Crippen molar-refractivity contribution in [2.45, 2.75) is 64.4 Å². The van der Waals surface area contributed by atoms with Crippen LogP contribution in [0.25, 0.3) is 0 Å². The Labute approximate surface area is 90.2 Å². The highest BCUT2D eigenvalue weighted by molar-refractivity contribution is 6.77. The predicted octanol–water partition coefficient (Wildman–Crippen LogP) is 3.75. The molecule has 0 aromatic carbocycles. The van der Waals surface area contributed by atoms with Crippen molar-refractivity contribution in [3.63, 3.8) is 0 Å². The summed E-state index contributed by atoms with van der Waals surface area (Å²) in [6, 6.07) is 0. The van der Waals surface area contributed by atoms with Gasteiger partial charge in [-0.15, -0.1) is 0 Å². The number of aliphatic hydroxyl groups is 1. The van der Waals surface area contributed by atoms with E-state index in [0.717, 1.165) is 6.42 Å². The zero-order valence-electron chi connectivity index (χ0n) is 10.2. The molecule has 0 radical (unpaired) electrons. The van der Waals surface area contributed by atoms with E-state index >= 15 is 0 Å². The summed E-state index contributed by atoms with van der Waals surface area (Å²) in [4.78, 5) is 0. The zero-order chi connectivity index (χ0) is 11.0. The Balaban J connectivity index is 3.53. The Morgan fingerprint density at radius 2 is 1.79 bits per heavy atom. The molecule has 0 saturated heterocycles. The molecular formula is C12H26OSi. The summed E-state index contributed by atoms with van der Waals surface area (Å²) in [5.41, 5.74) is -0.173. The fourth-order valence-corrected chi connectivity index (χ4v) is 1.92. The van der Waals surface area contributed by atoms with Crippen LogP contribution in [-0.4, -0.2) is 18.9 Å². The van der Waals surface area contributed by atoms with Crippen LogP contribution >= 0.6 is 0 Å².